The van der Waals surface area contributed by atoms with E-state index in [1.54, 1.807) is 42.5 Å². The Morgan fingerprint density at radius 2 is 1.58 bits per heavy atom. The van der Waals surface area contributed by atoms with Gasteiger partial charge in [-0.2, -0.15) is 0 Å². The minimum absolute atomic E-state index is 0.0191. The van der Waals surface area contributed by atoms with E-state index in [4.69, 9.17) is 0 Å². The third kappa shape index (κ3) is 5.75. The smallest absolute Gasteiger partial charge is 0.319 e. The van der Waals surface area contributed by atoms with Crippen LogP contribution in [-0.4, -0.2) is 23.4 Å². The van der Waals surface area contributed by atoms with Gasteiger partial charge in [-0.25, -0.2) is 4.79 Å². The van der Waals surface area contributed by atoms with Crippen LogP contribution in [0.25, 0.3) is 0 Å². The van der Waals surface area contributed by atoms with Crippen molar-refractivity contribution >= 4 is 29.0 Å². The quantitative estimate of drug-likeness (QED) is 0.403. The predicted molar refractivity (Wildman–Crippen MR) is 99.1 cm³/mol. The molecule has 3 N–H and O–H groups in total. The van der Waals surface area contributed by atoms with E-state index in [0.717, 1.165) is 0 Å². The maximum Gasteiger partial charge on any atom is 0.319 e. The van der Waals surface area contributed by atoms with Crippen molar-refractivity contribution in [2.45, 2.75) is 6.42 Å². The first-order valence-corrected chi connectivity index (χ1v) is 7.77. The molecule has 26 heavy (non-hydrogen) atoms. The Bertz CT molecular complexity index is 801. The van der Waals surface area contributed by atoms with Gasteiger partial charge in [-0.05, 0) is 29.8 Å². The molecule has 0 unspecified atom stereocenters. The van der Waals surface area contributed by atoms with Gasteiger partial charge in [0.25, 0.3) is 5.69 Å². The first kappa shape index (κ1) is 18.7. The van der Waals surface area contributed by atoms with Crippen LogP contribution < -0.4 is 16.0 Å². The summed E-state index contributed by atoms with van der Waals surface area (Å²) >= 11 is 0. The second kappa shape index (κ2) is 8.97. The van der Waals surface area contributed by atoms with Crippen LogP contribution in [-0.2, 0) is 11.2 Å². The summed E-state index contributed by atoms with van der Waals surface area (Å²) in [6, 6.07) is 12.1. The van der Waals surface area contributed by atoms with Gasteiger partial charge in [-0.15, -0.1) is 6.58 Å². The number of rotatable bonds is 7. The number of carbonyl (C=O) groups excluding carboxylic acids is 2. The zero-order chi connectivity index (χ0) is 18.9. The van der Waals surface area contributed by atoms with E-state index in [1.807, 2.05) is 0 Å². The Balaban J connectivity index is 1.87. The van der Waals surface area contributed by atoms with E-state index in [1.165, 1.54) is 12.1 Å². The summed E-state index contributed by atoms with van der Waals surface area (Å²) < 4.78 is 0. The summed E-state index contributed by atoms with van der Waals surface area (Å²) in [7, 11) is 0. The van der Waals surface area contributed by atoms with Crippen molar-refractivity contribution in [2.24, 2.45) is 0 Å². The van der Waals surface area contributed by atoms with Crippen LogP contribution in [0.1, 0.15) is 5.56 Å². The molecule has 2 rings (SSSR count). The van der Waals surface area contributed by atoms with Gasteiger partial charge >= 0.3 is 6.03 Å². The van der Waals surface area contributed by atoms with Gasteiger partial charge in [-0.3, -0.25) is 14.9 Å². The zero-order valence-corrected chi connectivity index (χ0v) is 13.9. The van der Waals surface area contributed by atoms with Crippen LogP contribution in [0.3, 0.4) is 0 Å². The fourth-order valence-corrected chi connectivity index (χ4v) is 2.10. The number of non-ortho nitro benzene ring substituents is 1. The molecule has 134 valence electrons. The van der Waals surface area contributed by atoms with Gasteiger partial charge in [0.2, 0.25) is 5.91 Å². The summed E-state index contributed by atoms with van der Waals surface area (Å²) in [6.45, 7) is 3.87. The van der Waals surface area contributed by atoms with Gasteiger partial charge in [-0.1, -0.05) is 18.2 Å². The van der Waals surface area contributed by atoms with Gasteiger partial charge in [0.1, 0.15) is 0 Å². The lowest BCUT2D eigenvalue weighted by Crippen LogP contribution is -2.28. The lowest BCUT2D eigenvalue weighted by Gasteiger charge is -2.08. The van der Waals surface area contributed by atoms with E-state index in [9.17, 15) is 19.7 Å². The van der Waals surface area contributed by atoms with Crippen LogP contribution >= 0.6 is 0 Å². The molecule has 0 heterocycles. The highest BCUT2D eigenvalue weighted by atomic mass is 16.6. The number of benzene rings is 2. The van der Waals surface area contributed by atoms with Crippen molar-refractivity contribution in [2.75, 3.05) is 17.2 Å². The van der Waals surface area contributed by atoms with Crippen LogP contribution in [0.5, 0.6) is 0 Å². The summed E-state index contributed by atoms with van der Waals surface area (Å²) in [5.74, 6) is -0.247. The maximum atomic E-state index is 12.0. The number of hydrogen-bond acceptors (Lipinski definition) is 4. The fourth-order valence-electron chi connectivity index (χ4n) is 2.10. The maximum absolute atomic E-state index is 12.0. The first-order valence-electron chi connectivity index (χ1n) is 7.77. The molecule has 0 fully saturated rings. The van der Waals surface area contributed by atoms with Crippen LogP contribution in [0.15, 0.2) is 61.2 Å². The predicted octanol–water partition coefficient (Wildman–Crippen LogP) is 3.08. The Kier molecular flexibility index (Phi) is 6.44. The van der Waals surface area contributed by atoms with E-state index >= 15 is 0 Å². The Hall–Kier alpha value is -3.68. The van der Waals surface area contributed by atoms with E-state index in [-0.39, 0.29) is 24.0 Å². The van der Waals surface area contributed by atoms with Crippen molar-refractivity contribution in [1.29, 1.82) is 0 Å². The van der Waals surface area contributed by atoms with Crippen LogP contribution in [0, 0.1) is 10.1 Å². The molecule has 3 amide bonds. The summed E-state index contributed by atoms with van der Waals surface area (Å²) in [4.78, 5) is 33.7. The largest absolute Gasteiger partial charge is 0.334 e. The molecule has 0 aliphatic carbocycles. The van der Waals surface area contributed by atoms with Crippen molar-refractivity contribution in [3.05, 3.63) is 76.9 Å². The molecule has 0 radical (unpaired) electrons. The molecule has 0 aromatic heterocycles. The molecule has 0 aliphatic rings. The minimum Gasteiger partial charge on any atom is -0.334 e. The molecule has 0 spiro atoms. The first-order chi connectivity index (χ1) is 12.5. The Morgan fingerprint density at radius 1 is 1.00 bits per heavy atom. The van der Waals surface area contributed by atoms with Gasteiger partial charge < -0.3 is 16.0 Å². The number of nitro benzene ring substituents is 1. The Morgan fingerprint density at radius 3 is 2.12 bits per heavy atom. The van der Waals surface area contributed by atoms with Crippen LogP contribution in [0.4, 0.5) is 21.9 Å². The second-order valence-corrected chi connectivity index (χ2v) is 5.35. The monoisotopic (exact) mass is 354 g/mol. The molecular formula is C18H18N4O4. The third-order valence-electron chi connectivity index (χ3n) is 3.35. The zero-order valence-electron chi connectivity index (χ0n) is 13.9. The van der Waals surface area contributed by atoms with Gasteiger partial charge in [0.15, 0.2) is 0 Å². The number of nitro groups is 1. The topological polar surface area (TPSA) is 113 Å². The molecule has 8 nitrogen and oxygen atoms in total. The molecule has 0 atom stereocenters. The summed E-state index contributed by atoms with van der Waals surface area (Å²) in [5.41, 5.74) is 1.81. The van der Waals surface area contributed by atoms with E-state index in [2.05, 4.69) is 22.5 Å². The summed E-state index contributed by atoms with van der Waals surface area (Å²) in [6.07, 6.45) is 1.67. The molecule has 2 aromatic rings. The molecule has 8 heteroatoms. The second-order valence-electron chi connectivity index (χ2n) is 5.35. The number of nitrogens with zero attached hydrogens (tertiary/aromatic N) is 1. The standard InChI is InChI=1S/C18H18N4O4/c1-2-11-19-18(24)21-15-7-5-14(6-8-15)20-17(23)12-13-3-9-16(10-4-13)22(25)26/h2-10H,1,11-12H2,(H,20,23)(H2,19,21,24). The lowest BCUT2D eigenvalue weighted by atomic mass is 10.1. The van der Waals surface area contributed by atoms with Crippen molar-refractivity contribution in [3.63, 3.8) is 0 Å². The van der Waals surface area contributed by atoms with Crippen molar-refractivity contribution < 1.29 is 14.5 Å². The van der Waals surface area contributed by atoms with Crippen LogP contribution in [0.2, 0.25) is 0 Å². The number of hydrogen-bond donors (Lipinski definition) is 3. The SMILES string of the molecule is C=CCNC(=O)Nc1ccc(NC(=O)Cc2ccc([N+](=O)[O-])cc2)cc1. The highest BCUT2D eigenvalue weighted by Crippen LogP contribution is 2.15. The number of nitrogens with one attached hydrogen (secondary N) is 3. The van der Waals surface area contributed by atoms with Crippen molar-refractivity contribution in [1.82, 2.24) is 5.32 Å². The van der Waals surface area contributed by atoms with Gasteiger partial charge in [0, 0.05) is 30.1 Å². The van der Waals surface area contributed by atoms with E-state index < -0.39 is 4.92 Å². The lowest BCUT2D eigenvalue weighted by molar-refractivity contribution is -0.384. The molecule has 0 aliphatic heterocycles. The Labute approximate surface area is 150 Å². The number of carbonyl (C=O) groups is 2. The minimum atomic E-state index is -0.489. The fraction of sp³-hybridized carbons (Fsp3) is 0.111. The molecule has 2 aromatic carbocycles. The average molecular weight is 354 g/mol. The van der Waals surface area contributed by atoms with Crippen molar-refractivity contribution in [3.8, 4) is 0 Å². The molecule has 0 bridgehead atoms. The molecular weight excluding hydrogens is 336 g/mol. The number of amides is 3. The molecule has 0 saturated heterocycles. The summed E-state index contributed by atoms with van der Waals surface area (Å²) in [5, 5.41) is 18.6. The highest BCUT2D eigenvalue weighted by Gasteiger charge is 2.08. The number of anilines is 2. The highest BCUT2D eigenvalue weighted by molar-refractivity contribution is 5.93. The van der Waals surface area contributed by atoms with Gasteiger partial charge in [0.05, 0.1) is 11.3 Å². The third-order valence-corrected chi connectivity index (χ3v) is 3.35. The van der Waals surface area contributed by atoms with E-state index in [0.29, 0.717) is 23.5 Å². The normalized spacial score (nSPS) is 9.85. The average Bonchev–Trinajstić information content (AvgIpc) is 2.62. The number of urea groups is 1. The molecule has 0 saturated carbocycles.